The normalized spacial score (nSPS) is 11.4. The summed E-state index contributed by atoms with van der Waals surface area (Å²) in [5.74, 6) is -0.0870. The molecular weight excluding hydrogens is 293 g/mol. The highest BCUT2D eigenvalue weighted by molar-refractivity contribution is 5.59. The molecule has 0 aromatic carbocycles. The van der Waals surface area contributed by atoms with Crippen LogP contribution in [0.15, 0.2) is 54.9 Å². The standard InChI is InChI=1S/C15H9F3N4/c16-15(17,18)13-9-12(10-5-1-3-7-19-10)21-14(22-13)11-6-2-4-8-20-11/h1-9H. The van der Waals surface area contributed by atoms with Gasteiger partial charge in [-0.25, -0.2) is 9.97 Å². The van der Waals surface area contributed by atoms with Crippen molar-refractivity contribution in [1.29, 1.82) is 0 Å². The lowest BCUT2D eigenvalue weighted by atomic mass is 10.2. The molecule has 3 aromatic heterocycles. The number of hydrogen-bond donors (Lipinski definition) is 0. The largest absolute Gasteiger partial charge is 0.433 e. The zero-order valence-electron chi connectivity index (χ0n) is 11.1. The molecule has 0 aliphatic carbocycles. The minimum atomic E-state index is -4.57. The predicted molar refractivity (Wildman–Crippen MR) is 73.5 cm³/mol. The van der Waals surface area contributed by atoms with Crippen molar-refractivity contribution in [1.82, 2.24) is 19.9 Å². The fourth-order valence-electron chi connectivity index (χ4n) is 1.85. The smallest absolute Gasteiger partial charge is 0.255 e. The van der Waals surface area contributed by atoms with Gasteiger partial charge < -0.3 is 0 Å². The minimum Gasteiger partial charge on any atom is -0.255 e. The second-order valence-corrected chi connectivity index (χ2v) is 4.39. The molecule has 0 N–H and O–H groups in total. The van der Waals surface area contributed by atoms with Crippen LogP contribution < -0.4 is 0 Å². The number of hydrogen-bond acceptors (Lipinski definition) is 4. The maximum absolute atomic E-state index is 13.0. The molecule has 3 heterocycles. The van der Waals surface area contributed by atoms with Crippen molar-refractivity contribution in [2.75, 3.05) is 0 Å². The van der Waals surface area contributed by atoms with Gasteiger partial charge in [0, 0.05) is 12.4 Å². The molecule has 0 aliphatic heterocycles. The molecule has 3 rings (SSSR count). The minimum absolute atomic E-state index is 0.0870. The lowest BCUT2D eigenvalue weighted by Gasteiger charge is -2.10. The van der Waals surface area contributed by atoms with Gasteiger partial charge in [0.05, 0.1) is 11.4 Å². The number of alkyl halides is 3. The van der Waals surface area contributed by atoms with Gasteiger partial charge in [0.25, 0.3) is 0 Å². The summed E-state index contributed by atoms with van der Waals surface area (Å²) in [6.07, 6.45) is -1.61. The third-order valence-corrected chi connectivity index (χ3v) is 2.84. The summed E-state index contributed by atoms with van der Waals surface area (Å²) in [6.45, 7) is 0. The summed E-state index contributed by atoms with van der Waals surface area (Å²) in [6, 6.07) is 10.7. The van der Waals surface area contributed by atoms with Gasteiger partial charge in [-0.05, 0) is 30.3 Å². The molecule has 110 valence electrons. The SMILES string of the molecule is FC(F)(F)c1cc(-c2ccccn2)nc(-c2ccccn2)n1. The molecule has 3 aromatic rings. The van der Waals surface area contributed by atoms with Crippen molar-refractivity contribution >= 4 is 0 Å². The van der Waals surface area contributed by atoms with Crippen LogP contribution in [-0.2, 0) is 6.18 Å². The molecule has 0 fully saturated rings. The molecule has 0 saturated carbocycles. The number of nitrogens with zero attached hydrogens (tertiary/aromatic N) is 4. The molecule has 7 heteroatoms. The topological polar surface area (TPSA) is 51.6 Å². The average molecular weight is 302 g/mol. The lowest BCUT2D eigenvalue weighted by Crippen LogP contribution is -2.10. The van der Waals surface area contributed by atoms with E-state index in [1.54, 1.807) is 36.4 Å². The van der Waals surface area contributed by atoms with E-state index in [1.807, 2.05) is 0 Å². The molecule has 4 nitrogen and oxygen atoms in total. The predicted octanol–water partition coefficient (Wildman–Crippen LogP) is 3.62. The van der Waals surface area contributed by atoms with Gasteiger partial charge in [0.2, 0.25) is 0 Å². The van der Waals surface area contributed by atoms with Crippen LogP contribution in [0.4, 0.5) is 13.2 Å². The van der Waals surface area contributed by atoms with E-state index in [4.69, 9.17) is 0 Å². The van der Waals surface area contributed by atoms with Crippen molar-refractivity contribution in [3.05, 3.63) is 60.6 Å². The fraction of sp³-hybridized carbons (Fsp3) is 0.0667. The van der Waals surface area contributed by atoms with E-state index in [9.17, 15) is 13.2 Å². The van der Waals surface area contributed by atoms with Crippen LogP contribution in [0.25, 0.3) is 22.9 Å². The Morgan fingerprint density at radius 3 is 1.91 bits per heavy atom. The summed E-state index contributed by atoms with van der Waals surface area (Å²) in [7, 11) is 0. The van der Waals surface area contributed by atoms with Crippen molar-refractivity contribution in [2.24, 2.45) is 0 Å². The first kappa shape index (κ1) is 14.1. The molecule has 0 saturated heterocycles. The Hall–Kier alpha value is -2.83. The van der Waals surface area contributed by atoms with Crippen LogP contribution in [0, 0.1) is 0 Å². The fourth-order valence-corrected chi connectivity index (χ4v) is 1.85. The van der Waals surface area contributed by atoms with Crippen LogP contribution >= 0.6 is 0 Å². The third-order valence-electron chi connectivity index (χ3n) is 2.84. The van der Waals surface area contributed by atoms with Gasteiger partial charge in [-0.2, -0.15) is 13.2 Å². The number of rotatable bonds is 2. The molecule has 0 atom stereocenters. The van der Waals surface area contributed by atoms with E-state index < -0.39 is 11.9 Å². The second-order valence-electron chi connectivity index (χ2n) is 4.39. The molecule has 22 heavy (non-hydrogen) atoms. The van der Waals surface area contributed by atoms with Gasteiger partial charge in [-0.3, -0.25) is 9.97 Å². The molecule has 0 aliphatic rings. The number of halogens is 3. The maximum Gasteiger partial charge on any atom is 0.433 e. The maximum atomic E-state index is 13.0. The Labute approximate surface area is 123 Å². The lowest BCUT2D eigenvalue weighted by molar-refractivity contribution is -0.141. The Morgan fingerprint density at radius 1 is 0.727 bits per heavy atom. The quantitative estimate of drug-likeness (QED) is 0.725. The summed E-state index contributed by atoms with van der Waals surface area (Å²) >= 11 is 0. The van der Waals surface area contributed by atoms with Crippen molar-refractivity contribution < 1.29 is 13.2 Å². The summed E-state index contributed by atoms with van der Waals surface area (Å²) < 4.78 is 39.1. The first-order valence-electron chi connectivity index (χ1n) is 6.33. The average Bonchev–Trinajstić information content (AvgIpc) is 2.55. The van der Waals surface area contributed by atoms with E-state index in [-0.39, 0.29) is 17.2 Å². The Balaban J connectivity index is 2.19. The summed E-state index contributed by atoms with van der Waals surface area (Å²) in [5.41, 5.74) is -0.314. The molecule has 0 unspecified atom stereocenters. The van der Waals surface area contributed by atoms with Gasteiger partial charge in [-0.1, -0.05) is 12.1 Å². The molecule has 0 radical (unpaired) electrons. The van der Waals surface area contributed by atoms with Crippen molar-refractivity contribution in [3.8, 4) is 22.9 Å². The van der Waals surface area contributed by atoms with Gasteiger partial charge in [-0.15, -0.1) is 0 Å². The highest BCUT2D eigenvalue weighted by atomic mass is 19.4. The van der Waals surface area contributed by atoms with Crippen molar-refractivity contribution in [3.63, 3.8) is 0 Å². The first-order valence-corrected chi connectivity index (χ1v) is 6.33. The first-order chi connectivity index (χ1) is 10.5. The third kappa shape index (κ3) is 2.93. The van der Waals surface area contributed by atoms with Crippen molar-refractivity contribution in [2.45, 2.75) is 6.18 Å². The zero-order valence-corrected chi connectivity index (χ0v) is 11.1. The molecule has 0 bridgehead atoms. The van der Waals surface area contributed by atoms with E-state index in [2.05, 4.69) is 19.9 Å². The van der Waals surface area contributed by atoms with Crippen LogP contribution in [0.1, 0.15) is 5.69 Å². The number of pyridine rings is 2. The summed E-state index contributed by atoms with van der Waals surface area (Å²) in [4.78, 5) is 15.7. The molecular formula is C15H9F3N4. The molecule has 0 amide bonds. The van der Waals surface area contributed by atoms with Crippen LogP contribution in [0.5, 0.6) is 0 Å². The highest BCUT2D eigenvalue weighted by Gasteiger charge is 2.34. The van der Waals surface area contributed by atoms with E-state index in [1.165, 1.54) is 12.4 Å². The summed E-state index contributed by atoms with van der Waals surface area (Å²) in [5, 5.41) is 0. The number of aromatic nitrogens is 4. The molecule has 0 spiro atoms. The van der Waals surface area contributed by atoms with Gasteiger partial charge in [0.15, 0.2) is 5.82 Å². The van der Waals surface area contributed by atoms with Gasteiger partial charge in [0.1, 0.15) is 11.4 Å². The van der Waals surface area contributed by atoms with E-state index >= 15 is 0 Å². The highest BCUT2D eigenvalue weighted by Crippen LogP contribution is 2.31. The van der Waals surface area contributed by atoms with E-state index in [0.29, 0.717) is 5.69 Å². The van der Waals surface area contributed by atoms with Crippen LogP contribution in [0.2, 0.25) is 0 Å². The zero-order chi connectivity index (χ0) is 15.6. The Morgan fingerprint density at radius 2 is 1.36 bits per heavy atom. The second kappa shape index (κ2) is 5.51. The van der Waals surface area contributed by atoms with Crippen LogP contribution in [0.3, 0.4) is 0 Å². The Bertz CT molecular complexity index is 716. The monoisotopic (exact) mass is 302 g/mol. The van der Waals surface area contributed by atoms with E-state index in [0.717, 1.165) is 6.07 Å². The van der Waals surface area contributed by atoms with Gasteiger partial charge >= 0.3 is 6.18 Å². The Kier molecular flexibility index (Phi) is 3.54. The van der Waals surface area contributed by atoms with Crippen LogP contribution in [-0.4, -0.2) is 19.9 Å².